The second-order valence-corrected chi connectivity index (χ2v) is 7.71. The van der Waals surface area contributed by atoms with Crippen LogP contribution < -0.4 is 10.1 Å². The van der Waals surface area contributed by atoms with E-state index in [1.54, 1.807) is 23.5 Å². The summed E-state index contributed by atoms with van der Waals surface area (Å²) in [5.74, 6) is -0.432. The summed E-state index contributed by atoms with van der Waals surface area (Å²) < 4.78 is 41.6. The molecule has 1 amide bonds. The zero-order chi connectivity index (χ0) is 20.0. The summed E-state index contributed by atoms with van der Waals surface area (Å²) in [5.41, 5.74) is 0.365. The number of ether oxygens (including phenoxy) is 1. The Morgan fingerprint density at radius 1 is 1.18 bits per heavy atom. The molecule has 1 aliphatic heterocycles. The van der Waals surface area contributed by atoms with Crippen LogP contribution in [0.1, 0.15) is 35.7 Å². The minimum absolute atomic E-state index is 0.107. The minimum atomic E-state index is -4.75. The van der Waals surface area contributed by atoms with Gasteiger partial charge in [-0.15, -0.1) is 24.5 Å². The lowest BCUT2D eigenvalue weighted by molar-refractivity contribution is -0.274. The number of hydrogen-bond donors (Lipinski definition) is 1. The molecule has 1 aromatic heterocycles. The molecule has 8 heteroatoms. The Morgan fingerprint density at radius 3 is 2.61 bits per heavy atom. The maximum Gasteiger partial charge on any atom is 0.573 e. The molecule has 28 heavy (non-hydrogen) atoms. The number of alkyl halides is 3. The fourth-order valence-electron chi connectivity index (χ4n) is 3.43. The first-order valence-electron chi connectivity index (χ1n) is 9.30. The molecule has 0 bridgehead atoms. The lowest BCUT2D eigenvalue weighted by Crippen LogP contribution is -2.36. The molecule has 1 saturated heterocycles. The molecular weight excluding hydrogens is 389 g/mol. The zero-order valence-electron chi connectivity index (χ0n) is 15.4. The van der Waals surface area contributed by atoms with Crippen molar-refractivity contribution in [1.29, 1.82) is 0 Å². The maximum absolute atomic E-state index is 12.5. The number of thiophene rings is 1. The number of halogens is 3. The second kappa shape index (κ2) is 9.43. The van der Waals surface area contributed by atoms with Crippen LogP contribution in [0.5, 0.6) is 5.75 Å². The molecule has 0 spiro atoms. The van der Waals surface area contributed by atoms with Crippen molar-refractivity contribution >= 4 is 17.2 Å². The molecule has 1 N–H and O–H groups in total. The summed E-state index contributed by atoms with van der Waals surface area (Å²) in [5, 5.41) is 4.97. The molecule has 1 unspecified atom stereocenters. The van der Waals surface area contributed by atoms with Gasteiger partial charge in [0.25, 0.3) is 0 Å². The smallest absolute Gasteiger partial charge is 0.406 e. The summed E-state index contributed by atoms with van der Waals surface area (Å²) in [6, 6.07) is 10.1. The number of carbonyl (C=O) groups excluding carboxylic acids is 1. The number of nitrogens with one attached hydrogen (secondary N) is 1. The Balaban J connectivity index is 1.54. The molecule has 0 radical (unpaired) electrons. The Hall–Kier alpha value is -2.06. The summed E-state index contributed by atoms with van der Waals surface area (Å²) in [6.07, 6.45) is -2.14. The first kappa shape index (κ1) is 20.7. The molecule has 1 aromatic carbocycles. The Labute approximate surface area is 166 Å². The van der Waals surface area contributed by atoms with Crippen LogP contribution in [0.2, 0.25) is 0 Å². The van der Waals surface area contributed by atoms with Gasteiger partial charge in [-0.2, -0.15) is 0 Å². The van der Waals surface area contributed by atoms with E-state index in [9.17, 15) is 18.0 Å². The van der Waals surface area contributed by atoms with Gasteiger partial charge in [0.1, 0.15) is 5.75 Å². The van der Waals surface area contributed by atoms with Crippen LogP contribution in [-0.4, -0.2) is 36.8 Å². The van der Waals surface area contributed by atoms with Crippen LogP contribution in [0.3, 0.4) is 0 Å². The van der Waals surface area contributed by atoms with Gasteiger partial charge in [0.05, 0.1) is 6.04 Å². The van der Waals surface area contributed by atoms with E-state index in [0.717, 1.165) is 25.9 Å². The summed E-state index contributed by atoms with van der Waals surface area (Å²) in [7, 11) is 0. The highest BCUT2D eigenvalue weighted by atomic mass is 32.1. The lowest BCUT2D eigenvalue weighted by Gasteiger charge is -2.27. The van der Waals surface area contributed by atoms with Crippen molar-refractivity contribution in [3.05, 3.63) is 52.2 Å². The monoisotopic (exact) mass is 412 g/mol. The fourth-order valence-corrected chi connectivity index (χ4v) is 4.29. The first-order chi connectivity index (χ1) is 13.4. The average molecular weight is 412 g/mol. The molecule has 0 saturated carbocycles. The van der Waals surface area contributed by atoms with Crippen LogP contribution >= 0.6 is 11.3 Å². The number of carbonyl (C=O) groups is 1. The van der Waals surface area contributed by atoms with Gasteiger partial charge in [-0.25, -0.2) is 0 Å². The van der Waals surface area contributed by atoms with Crippen LogP contribution in [0.4, 0.5) is 13.2 Å². The van der Waals surface area contributed by atoms with Gasteiger partial charge in [0.15, 0.2) is 0 Å². The standard InChI is InChI=1S/C20H23F3N2O2S/c21-20(22,23)27-17-7-2-1-6-15(17)9-10-19(26)24-14-16(18-8-5-13-28-18)25-11-3-4-12-25/h1-2,5-8,13,16H,3-4,9-12,14H2,(H,24,26). The Bertz CT molecular complexity index is 759. The second-order valence-electron chi connectivity index (χ2n) is 6.73. The number of likely N-dealkylation sites (tertiary alicyclic amines) is 1. The molecule has 3 rings (SSSR count). The number of aryl methyl sites for hydroxylation is 1. The van der Waals surface area contributed by atoms with Gasteiger partial charge in [-0.3, -0.25) is 9.69 Å². The van der Waals surface area contributed by atoms with Crippen molar-refractivity contribution in [1.82, 2.24) is 10.2 Å². The third kappa shape index (κ3) is 5.97. The van der Waals surface area contributed by atoms with E-state index in [2.05, 4.69) is 21.0 Å². The van der Waals surface area contributed by atoms with Gasteiger partial charge >= 0.3 is 6.36 Å². The maximum atomic E-state index is 12.5. The van der Waals surface area contributed by atoms with Gasteiger partial charge in [0, 0.05) is 17.8 Å². The number of hydrogen-bond acceptors (Lipinski definition) is 4. The van der Waals surface area contributed by atoms with E-state index in [1.165, 1.54) is 17.0 Å². The number of benzene rings is 1. The van der Waals surface area contributed by atoms with E-state index in [0.29, 0.717) is 12.1 Å². The predicted molar refractivity (Wildman–Crippen MR) is 102 cm³/mol. The van der Waals surface area contributed by atoms with Crippen LogP contribution in [-0.2, 0) is 11.2 Å². The highest BCUT2D eigenvalue weighted by Gasteiger charge is 2.32. The zero-order valence-corrected chi connectivity index (χ0v) is 16.2. The topological polar surface area (TPSA) is 41.6 Å². The van der Waals surface area contributed by atoms with E-state index in [-0.39, 0.29) is 30.5 Å². The van der Waals surface area contributed by atoms with Crippen molar-refractivity contribution in [3.8, 4) is 5.75 Å². The molecule has 1 fully saturated rings. The van der Waals surface area contributed by atoms with Gasteiger partial charge in [-0.05, 0) is 55.4 Å². The first-order valence-corrected chi connectivity index (χ1v) is 10.2. The van der Waals surface area contributed by atoms with E-state index < -0.39 is 6.36 Å². The molecule has 2 aromatic rings. The summed E-state index contributed by atoms with van der Waals surface area (Å²) in [4.78, 5) is 15.9. The molecular formula is C20H23F3N2O2S. The molecule has 1 aliphatic rings. The van der Waals surface area contributed by atoms with Crippen molar-refractivity contribution in [3.63, 3.8) is 0 Å². The SMILES string of the molecule is O=C(CCc1ccccc1OC(F)(F)F)NCC(c1cccs1)N1CCCC1. The quantitative estimate of drug-likeness (QED) is 0.693. The number of nitrogens with zero attached hydrogens (tertiary/aromatic N) is 1. The van der Waals surface area contributed by atoms with Crippen LogP contribution in [0.25, 0.3) is 0 Å². The molecule has 152 valence electrons. The average Bonchev–Trinajstić information content (AvgIpc) is 3.34. The largest absolute Gasteiger partial charge is 0.573 e. The van der Waals surface area contributed by atoms with Crippen LogP contribution in [0, 0.1) is 0 Å². The molecule has 4 nitrogen and oxygen atoms in total. The Morgan fingerprint density at radius 2 is 1.93 bits per heavy atom. The molecule has 2 heterocycles. The van der Waals surface area contributed by atoms with E-state index >= 15 is 0 Å². The van der Waals surface area contributed by atoms with Gasteiger partial charge in [0.2, 0.25) is 5.91 Å². The molecule has 1 atom stereocenters. The minimum Gasteiger partial charge on any atom is -0.406 e. The Kier molecular flexibility index (Phi) is 6.96. The number of amides is 1. The fraction of sp³-hybridized carbons (Fsp3) is 0.450. The normalized spacial score (nSPS) is 16.1. The van der Waals surface area contributed by atoms with Gasteiger partial charge < -0.3 is 10.1 Å². The van der Waals surface area contributed by atoms with Crippen molar-refractivity contribution in [2.24, 2.45) is 0 Å². The van der Waals surface area contributed by atoms with Crippen molar-refractivity contribution in [2.45, 2.75) is 38.1 Å². The lowest BCUT2D eigenvalue weighted by atomic mass is 10.1. The summed E-state index contributed by atoms with van der Waals surface area (Å²) >= 11 is 1.67. The van der Waals surface area contributed by atoms with Gasteiger partial charge in [-0.1, -0.05) is 24.3 Å². The third-order valence-electron chi connectivity index (χ3n) is 4.77. The highest BCUT2D eigenvalue weighted by molar-refractivity contribution is 7.10. The number of para-hydroxylation sites is 1. The summed E-state index contributed by atoms with van der Waals surface area (Å²) in [6.45, 7) is 2.53. The number of rotatable bonds is 8. The van der Waals surface area contributed by atoms with E-state index in [4.69, 9.17) is 0 Å². The predicted octanol–water partition coefficient (Wildman–Crippen LogP) is 4.53. The van der Waals surface area contributed by atoms with Crippen LogP contribution in [0.15, 0.2) is 41.8 Å². The third-order valence-corrected chi connectivity index (χ3v) is 5.74. The van der Waals surface area contributed by atoms with Crippen molar-refractivity contribution < 1.29 is 22.7 Å². The van der Waals surface area contributed by atoms with E-state index in [1.807, 2.05) is 11.4 Å². The van der Waals surface area contributed by atoms with Crippen molar-refractivity contribution in [2.75, 3.05) is 19.6 Å². The molecule has 0 aliphatic carbocycles. The highest BCUT2D eigenvalue weighted by Crippen LogP contribution is 2.29.